The first kappa shape index (κ1) is 13.6. The van der Waals surface area contributed by atoms with Crippen LogP contribution >= 0.6 is 0 Å². The van der Waals surface area contributed by atoms with Gasteiger partial charge in [-0.2, -0.15) is 0 Å². The summed E-state index contributed by atoms with van der Waals surface area (Å²) >= 11 is 0. The highest BCUT2D eigenvalue weighted by Gasteiger charge is 2.03. The topological polar surface area (TPSA) is 29.5 Å². The molecule has 0 aliphatic rings. The van der Waals surface area contributed by atoms with Crippen molar-refractivity contribution in [2.24, 2.45) is 5.92 Å². The summed E-state index contributed by atoms with van der Waals surface area (Å²) in [5.41, 5.74) is 1.99. The van der Waals surface area contributed by atoms with E-state index >= 15 is 0 Å². The Kier molecular flexibility index (Phi) is 5.59. The molecule has 1 aromatic rings. The summed E-state index contributed by atoms with van der Waals surface area (Å²) in [6.07, 6.45) is 1.12. The SMILES string of the molecule is CCC(C)COc1ccc(C#CCO)cc1C. The molecule has 2 nitrogen and oxygen atoms in total. The summed E-state index contributed by atoms with van der Waals surface area (Å²) in [7, 11) is 0. The molecule has 1 unspecified atom stereocenters. The maximum Gasteiger partial charge on any atom is 0.122 e. The van der Waals surface area contributed by atoms with Gasteiger partial charge in [0.15, 0.2) is 0 Å². The van der Waals surface area contributed by atoms with Crippen LogP contribution in [-0.4, -0.2) is 18.3 Å². The van der Waals surface area contributed by atoms with Gasteiger partial charge < -0.3 is 9.84 Å². The highest BCUT2D eigenvalue weighted by molar-refractivity contribution is 5.43. The molecule has 1 atom stereocenters. The van der Waals surface area contributed by atoms with E-state index in [1.165, 1.54) is 0 Å². The number of hydrogen-bond acceptors (Lipinski definition) is 2. The molecule has 0 amide bonds. The van der Waals surface area contributed by atoms with Gasteiger partial charge in [-0.05, 0) is 36.6 Å². The fraction of sp³-hybridized carbons (Fsp3) is 0.467. The largest absolute Gasteiger partial charge is 0.493 e. The van der Waals surface area contributed by atoms with Crippen molar-refractivity contribution in [3.63, 3.8) is 0 Å². The molecule has 0 aliphatic carbocycles. The first-order chi connectivity index (χ1) is 8.17. The maximum atomic E-state index is 8.63. The molecule has 0 saturated carbocycles. The van der Waals surface area contributed by atoms with Crippen LogP contribution in [0.3, 0.4) is 0 Å². The lowest BCUT2D eigenvalue weighted by Crippen LogP contribution is -2.07. The summed E-state index contributed by atoms with van der Waals surface area (Å²) < 4.78 is 5.75. The monoisotopic (exact) mass is 232 g/mol. The summed E-state index contributed by atoms with van der Waals surface area (Å²) in [4.78, 5) is 0. The molecule has 0 radical (unpaired) electrons. The Morgan fingerprint density at radius 2 is 2.18 bits per heavy atom. The highest BCUT2D eigenvalue weighted by atomic mass is 16.5. The molecule has 0 saturated heterocycles. The van der Waals surface area contributed by atoms with Gasteiger partial charge in [0.1, 0.15) is 12.4 Å². The molecule has 0 fully saturated rings. The Morgan fingerprint density at radius 3 is 2.76 bits per heavy atom. The summed E-state index contributed by atoms with van der Waals surface area (Å²) in [5.74, 6) is 7.01. The van der Waals surface area contributed by atoms with E-state index in [1.54, 1.807) is 0 Å². The third-order valence-corrected chi connectivity index (χ3v) is 2.71. The molecule has 0 aromatic heterocycles. The summed E-state index contributed by atoms with van der Waals surface area (Å²) in [6, 6.07) is 5.84. The van der Waals surface area contributed by atoms with E-state index in [1.807, 2.05) is 25.1 Å². The molecule has 0 spiro atoms. The second-order valence-electron chi connectivity index (χ2n) is 4.26. The minimum Gasteiger partial charge on any atom is -0.493 e. The van der Waals surface area contributed by atoms with Gasteiger partial charge in [-0.15, -0.1) is 0 Å². The fourth-order valence-corrected chi connectivity index (χ4v) is 1.38. The van der Waals surface area contributed by atoms with Crippen LogP contribution in [0.2, 0.25) is 0 Å². The average molecular weight is 232 g/mol. The van der Waals surface area contributed by atoms with Gasteiger partial charge in [-0.1, -0.05) is 32.1 Å². The zero-order valence-electron chi connectivity index (χ0n) is 10.8. The van der Waals surface area contributed by atoms with Crippen molar-refractivity contribution >= 4 is 0 Å². The third-order valence-electron chi connectivity index (χ3n) is 2.71. The number of aryl methyl sites for hydroxylation is 1. The predicted octanol–water partition coefficient (Wildman–Crippen LogP) is 2.76. The quantitative estimate of drug-likeness (QED) is 0.809. The van der Waals surface area contributed by atoms with Crippen molar-refractivity contribution in [3.05, 3.63) is 29.3 Å². The number of ether oxygens (including phenoxy) is 1. The van der Waals surface area contributed by atoms with Crippen LogP contribution in [0.15, 0.2) is 18.2 Å². The van der Waals surface area contributed by atoms with E-state index in [4.69, 9.17) is 9.84 Å². The van der Waals surface area contributed by atoms with Crippen LogP contribution in [-0.2, 0) is 0 Å². The van der Waals surface area contributed by atoms with Gasteiger partial charge in [0.2, 0.25) is 0 Å². The van der Waals surface area contributed by atoms with Gasteiger partial charge in [-0.3, -0.25) is 0 Å². The standard InChI is InChI=1S/C15H20O2/c1-4-12(2)11-17-15-8-7-14(6-5-9-16)10-13(15)3/h7-8,10,12,16H,4,9,11H2,1-3H3. The zero-order chi connectivity index (χ0) is 12.7. The van der Waals surface area contributed by atoms with Crippen LogP contribution in [0.25, 0.3) is 0 Å². The first-order valence-corrected chi connectivity index (χ1v) is 6.00. The van der Waals surface area contributed by atoms with Crippen LogP contribution in [0.5, 0.6) is 5.75 Å². The van der Waals surface area contributed by atoms with Gasteiger partial charge in [-0.25, -0.2) is 0 Å². The van der Waals surface area contributed by atoms with Gasteiger partial charge in [0.25, 0.3) is 0 Å². The summed E-state index contributed by atoms with van der Waals surface area (Å²) in [5, 5.41) is 8.63. The third kappa shape index (κ3) is 4.50. The zero-order valence-corrected chi connectivity index (χ0v) is 10.8. The number of benzene rings is 1. The van der Waals surface area contributed by atoms with Crippen molar-refractivity contribution in [3.8, 4) is 17.6 Å². The average Bonchev–Trinajstić information content (AvgIpc) is 2.34. The number of rotatable bonds is 4. The van der Waals surface area contributed by atoms with E-state index in [0.717, 1.165) is 29.9 Å². The predicted molar refractivity (Wildman–Crippen MR) is 70.1 cm³/mol. The van der Waals surface area contributed by atoms with Gasteiger partial charge >= 0.3 is 0 Å². The molecule has 2 heteroatoms. The number of hydrogen-bond donors (Lipinski definition) is 1. The molecular formula is C15H20O2. The van der Waals surface area contributed by atoms with Crippen molar-refractivity contribution in [1.29, 1.82) is 0 Å². The molecule has 0 heterocycles. The van der Waals surface area contributed by atoms with Crippen LogP contribution < -0.4 is 4.74 Å². The highest BCUT2D eigenvalue weighted by Crippen LogP contribution is 2.19. The second-order valence-corrected chi connectivity index (χ2v) is 4.26. The molecular weight excluding hydrogens is 212 g/mol. The lowest BCUT2D eigenvalue weighted by Gasteiger charge is -2.13. The van der Waals surface area contributed by atoms with Crippen LogP contribution in [0.1, 0.15) is 31.4 Å². The van der Waals surface area contributed by atoms with Crippen LogP contribution in [0.4, 0.5) is 0 Å². The first-order valence-electron chi connectivity index (χ1n) is 6.00. The normalized spacial score (nSPS) is 11.5. The number of aliphatic hydroxyl groups is 1. The van der Waals surface area contributed by atoms with Crippen molar-refractivity contribution < 1.29 is 9.84 Å². The lowest BCUT2D eigenvalue weighted by molar-refractivity contribution is 0.255. The second kappa shape index (κ2) is 6.98. The van der Waals surface area contributed by atoms with E-state index in [0.29, 0.717) is 5.92 Å². The Hall–Kier alpha value is -1.46. The van der Waals surface area contributed by atoms with Gasteiger partial charge in [0, 0.05) is 5.56 Å². The Labute approximate surface area is 104 Å². The maximum absolute atomic E-state index is 8.63. The Bertz CT molecular complexity index is 413. The summed E-state index contributed by atoms with van der Waals surface area (Å²) in [6.45, 7) is 6.99. The Balaban J connectivity index is 2.69. The number of aliphatic hydroxyl groups excluding tert-OH is 1. The fourth-order valence-electron chi connectivity index (χ4n) is 1.38. The molecule has 1 aromatic carbocycles. The molecule has 1 N–H and O–H groups in total. The minimum absolute atomic E-state index is 0.106. The minimum atomic E-state index is -0.106. The van der Waals surface area contributed by atoms with Gasteiger partial charge in [0.05, 0.1) is 6.61 Å². The van der Waals surface area contributed by atoms with E-state index in [2.05, 4.69) is 25.7 Å². The molecule has 0 aliphatic heterocycles. The molecule has 1 rings (SSSR count). The van der Waals surface area contributed by atoms with E-state index in [9.17, 15) is 0 Å². The molecule has 0 bridgehead atoms. The van der Waals surface area contributed by atoms with E-state index in [-0.39, 0.29) is 6.61 Å². The lowest BCUT2D eigenvalue weighted by atomic mass is 10.1. The van der Waals surface area contributed by atoms with Crippen molar-refractivity contribution in [1.82, 2.24) is 0 Å². The smallest absolute Gasteiger partial charge is 0.122 e. The van der Waals surface area contributed by atoms with Crippen molar-refractivity contribution in [2.45, 2.75) is 27.2 Å². The van der Waals surface area contributed by atoms with E-state index < -0.39 is 0 Å². The Morgan fingerprint density at radius 1 is 1.41 bits per heavy atom. The van der Waals surface area contributed by atoms with Crippen molar-refractivity contribution in [2.75, 3.05) is 13.2 Å². The molecule has 17 heavy (non-hydrogen) atoms. The molecule has 92 valence electrons. The van der Waals surface area contributed by atoms with Crippen LogP contribution in [0, 0.1) is 24.7 Å².